The quantitative estimate of drug-likeness (QED) is 0.505. The molecule has 0 spiro atoms. The molecule has 0 heterocycles. The molecule has 2 unspecified atom stereocenters. The summed E-state index contributed by atoms with van der Waals surface area (Å²) in [5, 5.41) is 0. The lowest BCUT2D eigenvalue weighted by Gasteiger charge is -2.25. The highest BCUT2D eigenvalue weighted by atomic mass is 79.9. The van der Waals surface area contributed by atoms with Crippen molar-refractivity contribution >= 4 is 15.9 Å². The van der Waals surface area contributed by atoms with Crippen molar-refractivity contribution in [3.8, 4) is 0 Å². The number of rotatable bonds is 6. The first kappa shape index (κ1) is 17.8. The molecule has 0 aliphatic carbocycles. The minimum absolute atomic E-state index is 0.422. The van der Waals surface area contributed by atoms with Crippen molar-refractivity contribution in [2.45, 2.75) is 72.1 Å². The van der Waals surface area contributed by atoms with Gasteiger partial charge in [0.1, 0.15) is 0 Å². The van der Waals surface area contributed by atoms with E-state index in [1.54, 1.807) is 0 Å². The molecule has 0 amide bonds. The molecule has 20 heavy (non-hydrogen) atoms. The van der Waals surface area contributed by atoms with Crippen LogP contribution < -0.4 is 0 Å². The lowest BCUT2D eigenvalue weighted by Crippen LogP contribution is -2.12. The van der Waals surface area contributed by atoms with E-state index in [-0.39, 0.29) is 0 Å². The molecule has 2 atom stereocenters. The van der Waals surface area contributed by atoms with Gasteiger partial charge in [0.15, 0.2) is 0 Å². The average molecular weight is 339 g/mol. The third kappa shape index (κ3) is 5.60. The minimum atomic E-state index is 0.422. The molecule has 1 aromatic rings. The maximum absolute atomic E-state index is 3.95. The highest BCUT2D eigenvalue weighted by molar-refractivity contribution is 9.09. The zero-order valence-electron chi connectivity index (χ0n) is 14.1. The highest BCUT2D eigenvalue weighted by Gasteiger charge is 2.20. The van der Waals surface area contributed by atoms with Crippen molar-refractivity contribution in [1.29, 1.82) is 0 Å². The van der Waals surface area contributed by atoms with E-state index >= 15 is 0 Å². The first-order chi connectivity index (χ1) is 9.26. The van der Waals surface area contributed by atoms with Crippen LogP contribution in [0.1, 0.15) is 75.9 Å². The van der Waals surface area contributed by atoms with Crippen LogP contribution in [0.3, 0.4) is 0 Å². The predicted molar refractivity (Wildman–Crippen MR) is 94.7 cm³/mol. The topological polar surface area (TPSA) is 0 Å². The first-order valence-corrected chi connectivity index (χ1v) is 8.94. The van der Waals surface area contributed by atoms with Crippen LogP contribution in [0.5, 0.6) is 0 Å². The van der Waals surface area contributed by atoms with Gasteiger partial charge in [-0.15, -0.1) is 0 Å². The maximum atomic E-state index is 3.95. The van der Waals surface area contributed by atoms with Crippen molar-refractivity contribution in [3.63, 3.8) is 0 Å². The second-order valence-corrected chi connectivity index (χ2v) is 8.42. The summed E-state index contributed by atoms with van der Waals surface area (Å²) in [5.74, 6) is 0.745. The molecule has 0 radical (unpaired) electrons. The van der Waals surface area contributed by atoms with Crippen LogP contribution in [0.4, 0.5) is 0 Å². The Morgan fingerprint density at radius 2 is 1.75 bits per heavy atom. The number of benzene rings is 1. The predicted octanol–water partition coefficient (Wildman–Crippen LogP) is 6.71. The Bertz CT molecular complexity index is 414. The second-order valence-electron chi connectivity index (χ2n) is 7.31. The summed E-state index contributed by atoms with van der Waals surface area (Å²) >= 11 is 3.95. The van der Waals surface area contributed by atoms with E-state index < -0.39 is 0 Å². The third-order valence-electron chi connectivity index (χ3n) is 3.91. The summed E-state index contributed by atoms with van der Waals surface area (Å²) in [7, 11) is 0. The lowest BCUT2D eigenvalue weighted by molar-refractivity contribution is 0.296. The zero-order chi connectivity index (χ0) is 15.3. The Morgan fingerprint density at radius 3 is 2.25 bits per heavy atom. The van der Waals surface area contributed by atoms with Gasteiger partial charge in [-0.25, -0.2) is 0 Å². The standard InChI is InChI=1S/C19H31Br/c1-7-15-9-10-16(8-2)17(12-15)18(20)11-14(3)13-19(4,5)6/h9-10,12,14,18H,7-8,11,13H2,1-6H3. The van der Waals surface area contributed by atoms with E-state index in [1.165, 1.54) is 29.5 Å². The molecule has 1 heteroatoms. The van der Waals surface area contributed by atoms with E-state index in [0.717, 1.165) is 18.8 Å². The molecule has 0 saturated carbocycles. The zero-order valence-corrected chi connectivity index (χ0v) is 15.7. The smallest absolute Gasteiger partial charge is 0.0400 e. The van der Waals surface area contributed by atoms with E-state index in [4.69, 9.17) is 0 Å². The number of hydrogen-bond donors (Lipinski definition) is 0. The van der Waals surface area contributed by atoms with Gasteiger partial charge in [-0.2, -0.15) is 0 Å². The van der Waals surface area contributed by atoms with Gasteiger partial charge in [0.25, 0.3) is 0 Å². The Hall–Kier alpha value is -0.300. The SMILES string of the molecule is CCc1ccc(CC)c(C(Br)CC(C)CC(C)(C)C)c1. The molecule has 0 aliphatic rings. The number of halogens is 1. The van der Waals surface area contributed by atoms with E-state index in [0.29, 0.717) is 10.2 Å². The van der Waals surface area contributed by atoms with Gasteiger partial charge in [-0.1, -0.05) is 75.7 Å². The maximum Gasteiger partial charge on any atom is 0.0400 e. The normalized spacial score (nSPS) is 15.2. The van der Waals surface area contributed by atoms with Gasteiger partial charge in [-0.05, 0) is 53.7 Å². The number of alkyl halides is 1. The van der Waals surface area contributed by atoms with Gasteiger partial charge in [0, 0.05) is 4.83 Å². The molecule has 1 rings (SSSR count). The van der Waals surface area contributed by atoms with E-state index in [1.807, 2.05) is 0 Å². The van der Waals surface area contributed by atoms with Crippen LogP contribution in [-0.4, -0.2) is 0 Å². The van der Waals surface area contributed by atoms with Gasteiger partial charge >= 0.3 is 0 Å². The fourth-order valence-corrected chi connectivity index (χ4v) is 4.15. The van der Waals surface area contributed by atoms with Crippen molar-refractivity contribution in [3.05, 3.63) is 34.9 Å². The van der Waals surface area contributed by atoms with Crippen LogP contribution in [-0.2, 0) is 12.8 Å². The monoisotopic (exact) mass is 338 g/mol. The van der Waals surface area contributed by atoms with Gasteiger partial charge in [0.05, 0.1) is 0 Å². The highest BCUT2D eigenvalue weighted by Crippen LogP contribution is 2.36. The Kier molecular flexibility index (Phi) is 6.78. The fourth-order valence-electron chi connectivity index (χ4n) is 3.09. The Morgan fingerprint density at radius 1 is 1.10 bits per heavy atom. The molecule has 0 N–H and O–H groups in total. The molecule has 114 valence electrons. The van der Waals surface area contributed by atoms with Crippen molar-refractivity contribution in [2.75, 3.05) is 0 Å². The van der Waals surface area contributed by atoms with Crippen molar-refractivity contribution in [2.24, 2.45) is 11.3 Å². The Labute approximate surface area is 134 Å². The first-order valence-electron chi connectivity index (χ1n) is 8.02. The van der Waals surface area contributed by atoms with Crippen LogP contribution in [0.25, 0.3) is 0 Å². The molecular formula is C19H31Br. The summed E-state index contributed by atoms with van der Waals surface area (Å²) in [6.07, 6.45) is 4.74. The summed E-state index contributed by atoms with van der Waals surface area (Å²) in [6.45, 7) is 13.9. The molecule has 0 aliphatic heterocycles. The largest absolute Gasteiger partial charge is 0.0839 e. The van der Waals surface area contributed by atoms with Gasteiger partial charge < -0.3 is 0 Å². The lowest BCUT2D eigenvalue weighted by atomic mass is 9.82. The molecule has 0 aromatic heterocycles. The summed E-state index contributed by atoms with van der Waals surface area (Å²) < 4.78 is 0. The van der Waals surface area contributed by atoms with E-state index in [9.17, 15) is 0 Å². The van der Waals surface area contributed by atoms with Crippen LogP contribution in [0.15, 0.2) is 18.2 Å². The van der Waals surface area contributed by atoms with Gasteiger partial charge in [0.2, 0.25) is 0 Å². The third-order valence-corrected chi connectivity index (χ3v) is 4.77. The number of aryl methyl sites for hydroxylation is 2. The van der Waals surface area contributed by atoms with Gasteiger partial charge in [-0.3, -0.25) is 0 Å². The molecule has 0 fully saturated rings. The molecular weight excluding hydrogens is 308 g/mol. The van der Waals surface area contributed by atoms with Crippen LogP contribution >= 0.6 is 15.9 Å². The van der Waals surface area contributed by atoms with Crippen LogP contribution in [0, 0.1) is 11.3 Å². The minimum Gasteiger partial charge on any atom is -0.0839 e. The molecule has 1 aromatic carbocycles. The summed E-state index contributed by atoms with van der Waals surface area (Å²) in [5.41, 5.74) is 4.87. The van der Waals surface area contributed by atoms with Crippen molar-refractivity contribution in [1.82, 2.24) is 0 Å². The molecule has 0 nitrogen and oxygen atoms in total. The van der Waals surface area contributed by atoms with E-state index in [2.05, 4.69) is 75.7 Å². The molecule has 0 bridgehead atoms. The summed E-state index contributed by atoms with van der Waals surface area (Å²) in [6, 6.07) is 7.00. The molecule has 0 saturated heterocycles. The number of hydrogen-bond acceptors (Lipinski definition) is 0. The fraction of sp³-hybridized carbons (Fsp3) is 0.684. The summed E-state index contributed by atoms with van der Waals surface area (Å²) in [4.78, 5) is 0.487. The van der Waals surface area contributed by atoms with Crippen LogP contribution in [0.2, 0.25) is 0 Å². The van der Waals surface area contributed by atoms with Crippen molar-refractivity contribution < 1.29 is 0 Å². The Balaban J connectivity index is 2.82. The second kappa shape index (κ2) is 7.64. The average Bonchev–Trinajstić information content (AvgIpc) is 2.35.